The Morgan fingerprint density at radius 2 is 2.25 bits per heavy atom. The van der Waals surface area contributed by atoms with Crippen LogP contribution in [0.1, 0.15) is 22.5 Å². The standard InChI is InChI=1S/C14H12F2O4/c1-7-12(13(17)18)10-4-9(2-3-11(10)20-7)19-6-8-5-14(8,15)16/h2-4,8H,5-6H2,1H3,(H,17,18). The van der Waals surface area contributed by atoms with Gasteiger partial charge in [-0.1, -0.05) is 0 Å². The van der Waals surface area contributed by atoms with Crippen LogP contribution in [0.2, 0.25) is 0 Å². The number of alkyl halides is 2. The molecule has 0 bridgehead atoms. The van der Waals surface area contributed by atoms with Gasteiger partial charge >= 0.3 is 5.97 Å². The summed E-state index contributed by atoms with van der Waals surface area (Å²) >= 11 is 0. The summed E-state index contributed by atoms with van der Waals surface area (Å²) in [5, 5.41) is 9.55. The summed E-state index contributed by atoms with van der Waals surface area (Å²) in [6.07, 6.45) is -0.152. The van der Waals surface area contributed by atoms with E-state index in [-0.39, 0.29) is 18.6 Å². The Labute approximate surface area is 112 Å². The van der Waals surface area contributed by atoms with Gasteiger partial charge in [-0.15, -0.1) is 0 Å². The van der Waals surface area contributed by atoms with Crippen molar-refractivity contribution < 1.29 is 27.8 Å². The van der Waals surface area contributed by atoms with Gasteiger partial charge in [0.05, 0.1) is 12.5 Å². The monoisotopic (exact) mass is 282 g/mol. The molecule has 1 N–H and O–H groups in total. The van der Waals surface area contributed by atoms with Crippen LogP contribution in [-0.2, 0) is 0 Å². The fourth-order valence-corrected chi connectivity index (χ4v) is 2.20. The Morgan fingerprint density at radius 3 is 2.85 bits per heavy atom. The van der Waals surface area contributed by atoms with Crippen LogP contribution in [0, 0.1) is 12.8 Å². The first-order valence-electron chi connectivity index (χ1n) is 6.15. The second-order valence-corrected chi connectivity index (χ2v) is 4.97. The van der Waals surface area contributed by atoms with Crippen molar-refractivity contribution in [1.29, 1.82) is 0 Å². The molecule has 4 nitrogen and oxygen atoms in total. The van der Waals surface area contributed by atoms with Crippen LogP contribution < -0.4 is 4.74 Å². The van der Waals surface area contributed by atoms with E-state index in [9.17, 15) is 13.6 Å². The Kier molecular flexibility index (Phi) is 2.70. The molecular formula is C14H12F2O4. The summed E-state index contributed by atoms with van der Waals surface area (Å²) < 4.78 is 36.1. The first-order valence-corrected chi connectivity index (χ1v) is 6.15. The topological polar surface area (TPSA) is 59.7 Å². The van der Waals surface area contributed by atoms with E-state index in [2.05, 4.69) is 0 Å². The number of hydrogen-bond acceptors (Lipinski definition) is 3. The second kappa shape index (κ2) is 4.19. The number of rotatable bonds is 4. The Morgan fingerprint density at radius 1 is 1.55 bits per heavy atom. The van der Waals surface area contributed by atoms with Gasteiger partial charge in [0.1, 0.15) is 22.7 Å². The van der Waals surface area contributed by atoms with Crippen molar-refractivity contribution >= 4 is 16.9 Å². The third-order valence-corrected chi connectivity index (χ3v) is 3.46. The largest absolute Gasteiger partial charge is 0.493 e. The van der Waals surface area contributed by atoms with Gasteiger partial charge < -0.3 is 14.3 Å². The molecule has 0 saturated heterocycles. The third kappa shape index (κ3) is 2.11. The van der Waals surface area contributed by atoms with Gasteiger partial charge in [-0.25, -0.2) is 13.6 Å². The Balaban J connectivity index is 1.86. The van der Waals surface area contributed by atoms with Gasteiger partial charge in [0.15, 0.2) is 0 Å². The number of carboxylic acid groups (broad SMARTS) is 1. The number of aryl methyl sites for hydroxylation is 1. The number of hydrogen-bond donors (Lipinski definition) is 1. The van der Waals surface area contributed by atoms with Crippen LogP contribution in [0.4, 0.5) is 8.78 Å². The lowest BCUT2D eigenvalue weighted by atomic mass is 10.1. The van der Waals surface area contributed by atoms with Gasteiger partial charge in [-0.05, 0) is 25.1 Å². The van der Waals surface area contributed by atoms with Gasteiger partial charge in [0, 0.05) is 11.8 Å². The maximum atomic E-state index is 12.8. The van der Waals surface area contributed by atoms with Crippen molar-refractivity contribution in [1.82, 2.24) is 0 Å². The first-order chi connectivity index (χ1) is 9.38. The van der Waals surface area contributed by atoms with E-state index in [1.54, 1.807) is 19.1 Å². The number of carbonyl (C=O) groups is 1. The van der Waals surface area contributed by atoms with Crippen LogP contribution in [0.25, 0.3) is 11.0 Å². The smallest absolute Gasteiger partial charge is 0.339 e. The molecule has 1 fully saturated rings. The molecule has 0 radical (unpaired) electrons. The molecule has 0 spiro atoms. The van der Waals surface area contributed by atoms with Crippen LogP contribution in [0.15, 0.2) is 22.6 Å². The minimum Gasteiger partial charge on any atom is -0.493 e. The van der Waals surface area contributed by atoms with Crippen LogP contribution in [-0.4, -0.2) is 23.6 Å². The summed E-state index contributed by atoms with van der Waals surface area (Å²) in [5.74, 6) is -3.79. The molecule has 1 aromatic heterocycles. The summed E-state index contributed by atoms with van der Waals surface area (Å²) in [6, 6.07) is 4.67. The highest BCUT2D eigenvalue weighted by molar-refractivity contribution is 6.03. The quantitative estimate of drug-likeness (QED) is 0.932. The van der Waals surface area contributed by atoms with E-state index in [1.165, 1.54) is 6.07 Å². The maximum absolute atomic E-state index is 12.8. The van der Waals surface area contributed by atoms with Gasteiger partial charge in [-0.3, -0.25) is 0 Å². The SMILES string of the molecule is Cc1oc2ccc(OCC3CC3(F)F)cc2c1C(=O)O. The normalized spacial score (nSPS) is 20.1. The van der Waals surface area contributed by atoms with E-state index in [0.29, 0.717) is 22.5 Å². The number of carboxylic acids is 1. The number of fused-ring (bicyclic) bond motifs is 1. The van der Waals surface area contributed by atoms with E-state index < -0.39 is 17.8 Å². The molecule has 1 aliphatic carbocycles. The molecule has 0 aliphatic heterocycles. The van der Waals surface area contributed by atoms with Crippen molar-refractivity contribution in [2.24, 2.45) is 5.92 Å². The number of benzene rings is 1. The summed E-state index contributed by atoms with van der Waals surface area (Å²) in [4.78, 5) is 11.2. The second-order valence-electron chi connectivity index (χ2n) is 4.97. The average molecular weight is 282 g/mol. The zero-order valence-electron chi connectivity index (χ0n) is 10.7. The van der Waals surface area contributed by atoms with E-state index >= 15 is 0 Å². The van der Waals surface area contributed by atoms with E-state index in [1.807, 2.05) is 0 Å². The van der Waals surface area contributed by atoms with Crippen LogP contribution in [0.3, 0.4) is 0 Å². The fraction of sp³-hybridized carbons (Fsp3) is 0.357. The van der Waals surface area contributed by atoms with E-state index in [4.69, 9.17) is 14.3 Å². The molecule has 1 saturated carbocycles. The lowest BCUT2D eigenvalue weighted by Gasteiger charge is -2.05. The number of ether oxygens (including phenoxy) is 1. The number of furan rings is 1. The van der Waals surface area contributed by atoms with Gasteiger partial charge in [0.2, 0.25) is 0 Å². The summed E-state index contributed by atoms with van der Waals surface area (Å²) in [7, 11) is 0. The molecule has 0 amide bonds. The molecule has 2 aromatic rings. The molecule has 1 unspecified atom stereocenters. The maximum Gasteiger partial charge on any atom is 0.339 e. The summed E-state index contributed by atoms with van der Waals surface area (Å²) in [5.41, 5.74) is 0.506. The highest BCUT2D eigenvalue weighted by atomic mass is 19.3. The minimum atomic E-state index is -2.62. The van der Waals surface area contributed by atoms with Crippen molar-refractivity contribution in [3.8, 4) is 5.75 Å². The fourth-order valence-electron chi connectivity index (χ4n) is 2.20. The Bertz CT molecular complexity index is 690. The molecule has 1 heterocycles. The zero-order chi connectivity index (χ0) is 14.5. The zero-order valence-corrected chi connectivity index (χ0v) is 10.7. The van der Waals surface area contributed by atoms with Gasteiger partial charge in [0.25, 0.3) is 5.92 Å². The van der Waals surface area contributed by atoms with Crippen molar-refractivity contribution in [3.63, 3.8) is 0 Å². The highest BCUT2D eigenvalue weighted by Crippen LogP contribution is 2.48. The van der Waals surface area contributed by atoms with E-state index in [0.717, 1.165) is 0 Å². The predicted octanol–water partition coefficient (Wildman–Crippen LogP) is 3.47. The first kappa shape index (κ1) is 12.9. The molecule has 20 heavy (non-hydrogen) atoms. The molecule has 1 atom stereocenters. The number of aromatic carboxylic acids is 1. The molecule has 6 heteroatoms. The molecule has 1 aliphatic rings. The van der Waals surface area contributed by atoms with Crippen LogP contribution >= 0.6 is 0 Å². The Hall–Kier alpha value is -2.11. The lowest BCUT2D eigenvalue weighted by molar-refractivity contribution is 0.0696. The van der Waals surface area contributed by atoms with Crippen LogP contribution in [0.5, 0.6) is 5.75 Å². The van der Waals surface area contributed by atoms with Gasteiger partial charge in [-0.2, -0.15) is 0 Å². The molecule has 1 aromatic carbocycles. The minimum absolute atomic E-state index is 0.0715. The van der Waals surface area contributed by atoms with Crippen molar-refractivity contribution in [2.75, 3.05) is 6.61 Å². The van der Waals surface area contributed by atoms with Crippen molar-refractivity contribution in [3.05, 3.63) is 29.5 Å². The third-order valence-electron chi connectivity index (χ3n) is 3.46. The molecular weight excluding hydrogens is 270 g/mol. The number of halogens is 2. The highest BCUT2D eigenvalue weighted by Gasteiger charge is 2.57. The summed E-state index contributed by atoms with van der Waals surface area (Å²) in [6.45, 7) is 1.49. The van der Waals surface area contributed by atoms with Crippen molar-refractivity contribution in [2.45, 2.75) is 19.3 Å². The average Bonchev–Trinajstić information content (AvgIpc) is 2.82. The molecule has 3 rings (SSSR count). The molecule has 106 valence electrons. The predicted molar refractivity (Wildman–Crippen MR) is 66.5 cm³/mol. The lowest BCUT2D eigenvalue weighted by Crippen LogP contribution is -2.05.